The van der Waals surface area contributed by atoms with Crippen LogP contribution < -0.4 is 20.7 Å². The summed E-state index contributed by atoms with van der Waals surface area (Å²) >= 11 is 7.60. The molecule has 330 valence electrons. The number of fused-ring (bicyclic) bond motifs is 2. The summed E-state index contributed by atoms with van der Waals surface area (Å²) in [5, 5.41) is 9.01. The van der Waals surface area contributed by atoms with Crippen LogP contribution in [0.1, 0.15) is 54.4 Å². The van der Waals surface area contributed by atoms with Crippen LogP contribution in [0, 0.1) is 5.82 Å². The average Bonchev–Trinajstić information content (AvgIpc) is 3.62. The summed E-state index contributed by atoms with van der Waals surface area (Å²) in [6, 6.07) is 13.2. The number of ether oxygens (including phenoxy) is 1. The first-order valence-corrected chi connectivity index (χ1v) is 22.6. The number of nitrogens with one attached hydrogen (secondary N) is 3. The van der Waals surface area contributed by atoms with E-state index in [1.54, 1.807) is 40.9 Å². The lowest BCUT2D eigenvalue weighted by atomic mass is 10.0. The quantitative estimate of drug-likeness (QED) is 0.0620. The monoisotopic (exact) mass is 897 g/mol. The van der Waals surface area contributed by atoms with Crippen molar-refractivity contribution in [3.05, 3.63) is 89.0 Å². The van der Waals surface area contributed by atoms with E-state index < -0.39 is 17.8 Å². The Hall–Kier alpha value is -5.62. The predicted molar refractivity (Wildman–Crippen MR) is 239 cm³/mol. The molecule has 5 heterocycles. The van der Waals surface area contributed by atoms with E-state index >= 15 is 0 Å². The highest BCUT2D eigenvalue weighted by atomic mass is 35.5. The van der Waals surface area contributed by atoms with Crippen LogP contribution in [0.5, 0.6) is 5.75 Å². The topological polar surface area (TPSA) is 169 Å². The van der Waals surface area contributed by atoms with Crippen LogP contribution in [0.3, 0.4) is 0 Å². The largest absolute Gasteiger partial charge is 0.494 e. The van der Waals surface area contributed by atoms with Crippen LogP contribution in [-0.4, -0.2) is 130 Å². The minimum Gasteiger partial charge on any atom is -0.494 e. The Kier molecular flexibility index (Phi) is 13.9. The Morgan fingerprint density at radius 1 is 1.02 bits per heavy atom. The van der Waals surface area contributed by atoms with Gasteiger partial charge in [-0.15, -0.1) is 11.8 Å². The number of halogens is 2. The van der Waals surface area contributed by atoms with Gasteiger partial charge in [0.05, 0.1) is 23.3 Å². The number of thioether (sulfide) groups is 1. The van der Waals surface area contributed by atoms with Crippen LogP contribution in [0.25, 0.3) is 10.9 Å². The molecule has 0 bridgehead atoms. The molecular formula is C45H49ClFN9O6S. The number of amides is 5. The summed E-state index contributed by atoms with van der Waals surface area (Å²) in [6.45, 7) is 5.92. The van der Waals surface area contributed by atoms with Crippen molar-refractivity contribution in [2.75, 3.05) is 69.3 Å². The molecule has 3 fully saturated rings. The van der Waals surface area contributed by atoms with Gasteiger partial charge in [-0.05, 0) is 86.5 Å². The van der Waals surface area contributed by atoms with Crippen molar-refractivity contribution in [1.82, 2.24) is 34.9 Å². The summed E-state index contributed by atoms with van der Waals surface area (Å²) in [5.41, 5.74) is 3.08. The van der Waals surface area contributed by atoms with Crippen molar-refractivity contribution in [2.24, 2.45) is 0 Å². The number of rotatable bonds is 14. The maximum Gasteiger partial charge on any atom is 0.255 e. The molecule has 15 nitrogen and oxygen atoms in total. The smallest absolute Gasteiger partial charge is 0.255 e. The molecule has 1 unspecified atom stereocenters. The minimum atomic E-state index is -0.646. The van der Waals surface area contributed by atoms with Crippen LogP contribution in [0.4, 0.5) is 21.6 Å². The van der Waals surface area contributed by atoms with E-state index in [1.807, 2.05) is 23.1 Å². The molecule has 0 saturated carbocycles. The molecule has 4 aliphatic rings. The molecule has 4 aliphatic heterocycles. The number of nitrogens with zero attached hydrogens (tertiary/aromatic N) is 6. The van der Waals surface area contributed by atoms with Crippen molar-refractivity contribution in [3.63, 3.8) is 0 Å². The van der Waals surface area contributed by atoms with E-state index in [-0.39, 0.29) is 35.1 Å². The number of carbonyl (C=O) groups is 5. The highest BCUT2D eigenvalue weighted by molar-refractivity contribution is 7.99. The van der Waals surface area contributed by atoms with Crippen molar-refractivity contribution < 1.29 is 33.1 Å². The van der Waals surface area contributed by atoms with E-state index in [1.165, 1.54) is 31.6 Å². The zero-order valence-electron chi connectivity index (χ0n) is 34.9. The molecule has 3 aromatic carbocycles. The first-order valence-electron chi connectivity index (χ1n) is 21.2. The molecule has 0 aliphatic carbocycles. The first-order chi connectivity index (χ1) is 30.5. The Morgan fingerprint density at radius 3 is 2.59 bits per heavy atom. The number of hydrogen-bond donors (Lipinski definition) is 3. The zero-order valence-corrected chi connectivity index (χ0v) is 36.5. The number of hydrogen-bond acceptors (Lipinski definition) is 12. The third kappa shape index (κ3) is 10.3. The van der Waals surface area contributed by atoms with E-state index in [4.69, 9.17) is 16.3 Å². The number of piperidine rings is 2. The molecule has 63 heavy (non-hydrogen) atoms. The SMILES string of the molecule is COc1cc2ncnc(Nc3ccc(F)c(Cl)c3)c2cc1NC(=O)/C=C/CN1CCC(N2CCN(C(=O)CCCSc3cccc4c3CN(C3CCC(=O)NC3=O)C4=O)CC2)CC1. The van der Waals surface area contributed by atoms with Crippen molar-refractivity contribution >= 4 is 81.0 Å². The fraction of sp³-hybridized carbons (Fsp3) is 0.400. The Bertz CT molecular complexity index is 2440. The van der Waals surface area contributed by atoms with Crippen molar-refractivity contribution in [1.29, 1.82) is 0 Å². The van der Waals surface area contributed by atoms with Gasteiger partial charge in [-0.25, -0.2) is 14.4 Å². The number of carbonyl (C=O) groups excluding carboxylic acids is 5. The van der Waals surface area contributed by atoms with E-state index in [0.29, 0.717) is 84.5 Å². The number of methoxy groups -OCH3 is 1. The first kappa shape index (κ1) is 44.0. The molecule has 1 aromatic heterocycles. The fourth-order valence-electron chi connectivity index (χ4n) is 8.70. The maximum atomic E-state index is 13.7. The second-order valence-electron chi connectivity index (χ2n) is 16.0. The van der Waals surface area contributed by atoms with Crippen LogP contribution in [-0.2, 0) is 25.7 Å². The van der Waals surface area contributed by atoms with Gasteiger partial charge in [-0.2, -0.15) is 0 Å². The van der Waals surface area contributed by atoms with Gasteiger partial charge in [0.1, 0.15) is 29.8 Å². The highest BCUT2D eigenvalue weighted by Gasteiger charge is 2.40. The zero-order chi connectivity index (χ0) is 44.0. The normalized spacial score (nSPS) is 18.8. The molecule has 8 rings (SSSR count). The molecule has 3 N–H and O–H groups in total. The molecule has 4 aromatic rings. The van der Waals surface area contributed by atoms with Gasteiger partial charge in [0.15, 0.2) is 0 Å². The maximum absolute atomic E-state index is 13.7. The standard InChI is InChI=1S/C45H49ClFN9O6S/c1-62-38-25-35-31(43(49-27-48-35)50-28-9-10-34(47)33(46)23-28)24-36(38)51-40(57)7-3-15-53-16-13-29(14-17-53)54-18-20-55(21-19-54)42(59)8-4-22-63-39-6-2-5-30-32(39)26-56(45(30)61)37-11-12-41(58)52-44(37)60/h2-3,5-7,9-10,23-25,27,29,37H,4,8,11-22,26H2,1H3,(H,51,57)(H,48,49,50)(H,52,58,60)/b7-3+. The second-order valence-corrected chi connectivity index (χ2v) is 17.6. The van der Waals surface area contributed by atoms with E-state index in [9.17, 15) is 28.4 Å². The van der Waals surface area contributed by atoms with Crippen LogP contribution in [0.15, 0.2) is 71.9 Å². The molecule has 1 atom stereocenters. The summed E-state index contributed by atoms with van der Waals surface area (Å²) in [4.78, 5) is 81.6. The molecule has 0 spiro atoms. The Morgan fingerprint density at radius 2 is 1.83 bits per heavy atom. The summed E-state index contributed by atoms with van der Waals surface area (Å²) in [6.07, 6.45) is 8.56. The lowest BCUT2D eigenvalue weighted by Gasteiger charge is -2.42. The Labute approximate surface area is 373 Å². The fourth-order valence-corrected chi connectivity index (χ4v) is 9.92. The number of likely N-dealkylation sites (tertiary alicyclic amines) is 1. The summed E-state index contributed by atoms with van der Waals surface area (Å²) < 4.78 is 19.3. The number of imide groups is 1. The average molecular weight is 898 g/mol. The van der Waals surface area contributed by atoms with Gasteiger partial charge >= 0.3 is 0 Å². The number of benzene rings is 3. The molecular weight excluding hydrogens is 849 g/mol. The van der Waals surface area contributed by atoms with Gasteiger partial charge in [-0.3, -0.25) is 39.1 Å². The highest BCUT2D eigenvalue weighted by Crippen LogP contribution is 2.36. The summed E-state index contributed by atoms with van der Waals surface area (Å²) in [5.74, 6) is 0.0576. The van der Waals surface area contributed by atoms with Gasteiger partial charge in [-0.1, -0.05) is 23.7 Å². The van der Waals surface area contributed by atoms with Crippen LogP contribution >= 0.6 is 23.4 Å². The molecule has 5 amide bonds. The second kappa shape index (κ2) is 19.8. The molecule has 18 heteroatoms. The van der Waals surface area contributed by atoms with E-state index in [2.05, 4.69) is 35.7 Å². The van der Waals surface area contributed by atoms with Gasteiger partial charge in [0.2, 0.25) is 23.6 Å². The number of anilines is 3. The lowest BCUT2D eigenvalue weighted by molar-refractivity contribution is -0.137. The molecule has 3 saturated heterocycles. The third-order valence-electron chi connectivity index (χ3n) is 12.1. The Balaban J connectivity index is 0.742. The number of aromatic nitrogens is 2. The van der Waals surface area contributed by atoms with Gasteiger partial charge < -0.3 is 25.2 Å². The number of piperazine rings is 1. The van der Waals surface area contributed by atoms with Crippen molar-refractivity contribution in [2.45, 2.75) is 62.0 Å². The van der Waals surface area contributed by atoms with E-state index in [0.717, 1.165) is 61.7 Å². The van der Waals surface area contributed by atoms with Crippen molar-refractivity contribution in [3.8, 4) is 5.75 Å². The van der Waals surface area contributed by atoms with Gasteiger partial charge in [0.25, 0.3) is 5.91 Å². The molecule has 0 radical (unpaired) electrons. The third-order valence-corrected chi connectivity index (χ3v) is 13.6. The summed E-state index contributed by atoms with van der Waals surface area (Å²) in [7, 11) is 1.52. The minimum absolute atomic E-state index is 0.0212. The van der Waals surface area contributed by atoms with Crippen LogP contribution in [0.2, 0.25) is 5.02 Å². The predicted octanol–water partition coefficient (Wildman–Crippen LogP) is 5.61. The lowest BCUT2D eigenvalue weighted by Crippen LogP contribution is -2.54. The van der Waals surface area contributed by atoms with Gasteiger partial charge in [0, 0.05) is 91.8 Å².